The molecule has 0 spiro atoms. The molecule has 1 unspecified atom stereocenters. The molecule has 34 heavy (non-hydrogen) atoms. The largest absolute Gasteiger partial charge is 0.496 e. The van der Waals surface area contributed by atoms with Crippen molar-refractivity contribution in [3.63, 3.8) is 0 Å². The van der Waals surface area contributed by atoms with E-state index in [0.717, 1.165) is 16.8 Å². The number of benzene rings is 2. The summed E-state index contributed by atoms with van der Waals surface area (Å²) in [6.45, 7) is 3.78. The summed E-state index contributed by atoms with van der Waals surface area (Å²) in [5.74, 6) is 0.206. The van der Waals surface area contributed by atoms with E-state index in [4.69, 9.17) is 9.47 Å². The lowest BCUT2D eigenvalue weighted by atomic mass is 9.95. The highest BCUT2D eigenvalue weighted by molar-refractivity contribution is 7.07. The SMILES string of the molecule is CCOC(=O)C1=C(C)N=c2s/c(=C/c3ccccc3OC)c(=O)n2C1c1ccc(N(C)C)cc1. The monoisotopic (exact) mass is 477 g/mol. The summed E-state index contributed by atoms with van der Waals surface area (Å²) in [6.07, 6.45) is 1.80. The minimum absolute atomic E-state index is 0.217. The molecule has 176 valence electrons. The van der Waals surface area contributed by atoms with Gasteiger partial charge in [0.1, 0.15) is 5.75 Å². The van der Waals surface area contributed by atoms with Crippen LogP contribution < -0.4 is 24.5 Å². The number of esters is 1. The number of allylic oxidation sites excluding steroid dienone is 1. The van der Waals surface area contributed by atoms with E-state index < -0.39 is 12.0 Å². The number of fused-ring (bicyclic) bond motifs is 1. The Morgan fingerprint density at radius 2 is 1.88 bits per heavy atom. The summed E-state index contributed by atoms with van der Waals surface area (Å²) in [6, 6.07) is 14.7. The lowest BCUT2D eigenvalue weighted by molar-refractivity contribution is -0.139. The summed E-state index contributed by atoms with van der Waals surface area (Å²) in [4.78, 5) is 33.8. The zero-order valence-electron chi connectivity index (χ0n) is 19.9. The van der Waals surface area contributed by atoms with Gasteiger partial charge in [0.15, 0.2) is 4.80 Å². The molecule has 1 aliphatic rings. The predicted octanol–water partition coefficient (Wildman–Crippen LogP) is 2.87. The molecule has 1 aliphatic heterocycles. The second-order valence-electron chi connectivity index (χ2n) is 8.03. The van der Waals surface area contributed by atoms with E-state index in [2.05, 4.69) is 4.99 Å². The molecule has 3 aromatic rings. The summed E-state index contributed by atoms with van der Waals surface area (Å²) in [5.41, 5.74) is 3.33. The van der Waals surface area contributed by atoms with Gasteiger partial charge in [-0.1, -0.05) is 41.7 Å². The second kappa shape index (κ2) is 9.69. The maximum atomic E-state index is 13.7. The van der Waals surface area contributed by atoms with Crippen LogP contribution in [0.3, 0.4) is 0 Å². The Morgan fingerprint density at radius 3 is 2.53 bits per heavy atom. The van der Waals surface area contributed by atoms with Crippen LogP contribution in [0, 0.1) is 0 Å². The highest BCUT2D eigenvalue weighted by Gasteiger charge is 2.33. The number of carbonyl (C=O) groups excluding carboxylic acids is 1. The number of para-hydroxylation sites is 1. The third kappa shape index (κ3) is 4.28. The minimum Gasteiger partial charge on any atom is -0.496 e. The van der Waals surface area contributed by atoms with Gasteiger partial charge in [0.25, 0.3) is 5.56 Å². The van der Waals surface area contributed by atoms with Gasteiger partial charge in [-0.05, 0) is 43.7 Å². The maximum absolute atomic E-state index is 13.7. The van der Waals surface area contributed by atoms with Crippen LogP contribution >= 0.6 is 11.3 Å². The number of nitrogens with zero attached hydrogens (tertiary/aromatic N) is 3. The zero-order chi connectivity index (χ0) is 24.4. The summed E-state index contributed by atoms with van der Waals surface area (Å²) in [7, 11) is 5.52. The molecule has 0 bridgehead atoms. The first-order chi connectivity index (χ1) is 16.3. The topological polar surface area (TPSA) is 73.1 Å². The van der Waals surface area contributed by atoms with Crippen LogP contribution in [0.1, 0.15) is 31.0 Å². The van der Waals surface area contributed by atoms with E-state index in [9.17, 15) is 9.59 Å². The Morgan fingerprint density at radius 1 is 1.18 bits per heavy atom. The molecular weight excluding hydrogens is 450 g/mol. The van der Waals surface area contributed by atoms with Gasteiger partial charge in [0.2, 0.25) is 0 Å². The molecule has 0 saturated carbocycles. The van der Waals surface area contributed by atoms with E-state index in [-0.39, 0.29) is 12.2 Å². The van der Waals surface area contributed by atoms with Gasteiger partial charge in [0, 0.05) is 25.3 Å². The van der Waals surface area contributed by atoms with Crippen molar-refractivity contribution in [2.45, 2.75) is 19.9 Å². The van der Waals surface area contributed by atoms with Crippen LogP contribution in [0.25, 0.3) is 6.08 Å². The summed E-state index contributed by atoms with van der Waals surface area (Å²) in [5, 5.41) is 0. The normalized spacial score (nSPS) is 15.6. The van der Waals surface area contributed by atoms with Crippen molar-refractivity contribution < 1.29 is 14.3 Å². The van der Waals surface area contributed by atoms with Gasteiger partial charge in [0.05, 0.1) is 35.6 Å². The number of methoxy groups -OCH3 is 1. The van der Waals surface area contributed by atoms with Gasteiger partial charge in [-0.15, -0.1) is 0 Å². The lowest BCUT2D eigenvalue weighted by Gasteiger charge is -2.25. The Labute approximate surface area is 201 Å². The molecular formula is C26H27N3O4S. The molecule has 0 amide bonds. The molecule has 0 aliphatic carbocycles. The molecule has 0 radical (unpaired) electrons. The standard InChI is InChI=1S/C26H27N3O4S/c1-6-33-25(31)22-16(2)27-26-29(23(22)17-11-13-19(14-12-17)28(3)4)24(30)21(34-26)15-18-9-7-8-10-20(18)32-5/h7-15,23H,6H2,1-5H3/b21-15+. The number of rotatable bonds is 6. The Hall–Kier alpha value is -3.65. The summed E-state index contributed by atoms with van der Waals surface area (Å²) >= 11 is 1.29. The van der Waals surface area contributed by atoms with Gasteiger partial charge in [-0.3, -0.25) is 9.36 Å². The van der Waals surface area contributed by atoms with Crippen molar-refractivity contribution in [2.75, 3.05) is 32.7 Å². The predicted molar refractivity (Wildman–Crippen MR) is 134 cm³/mol. The Balaban J connectivity index is 1.95. The molecule has 1 aromatic heterocycles. The lowest BCUT2D eigenvalue weighted by Crippen LogP contribution is -2.39. The van der Waals surface area contributed by atoms with E-state index in [0.29, 0.717) is 26.4 Å². The van der Waals surface area contributed by atoms with E-state index >= 15 is 0 Å². The highest BCUT2D eigenvalue weighted by atomic mass is 32.1. The number of aromatic nitrogens is 1. The van der Waals surface area contributed by atoms with E-state index in [1.54, 1.807) is 31.6 Å². The smallest absolute Gasteiger partial charge is 0.338 e. The van der Waals surface area contributed by atoms with Crippen molar-refractivity contribution >= 4 is 29.1 Å². The zero-order valence-corrected chi connectivity index (χ0v) is 20.7. The van der Waals surface area contributed by atoms with Crippen molar-refractivity contribution in [3.8, 4) is 5.75 Å². The van der Waals surface area contributed by atoms with E-state index in [1.165, 1.54) is 11.3 Å². The van der Waals surface area contributed by atoms with Crippen LogP contribution in [0.2, 0.25) is 0 Å². The number of thiazole rings is 1. The average Bonchev–Trinajstić information content (AvgIpc) is 3.13. The van der Waals surface area contributed by atoms with Gasteiger partial charge in [-0.2, -0.15) is 0 Å². The van der Waals surface area contributed by atoms with Crippen molar-refractivity contribution in [2.24, 2.45) is 4.99 Å². The minimum atomic E-state index is -0.633. The molecule has 4 rings (SSSR count). The number of carbonyl (C=O) groups is 1. The second-order valence-corrected chi connectivity index (χ2v) is 9.04. The summed E-state index contributed by atoms with van der Waals surface area (Å²) < 4.78 is 12.9. The quantitative estimate of drug-likeness (QED) is 0.511. The first-order valence-corrected chi connectivity index (χ1v) is 11.8. The average molecular weight is 478 g/mol. The maximum Gasteiger partial charge on any atom is 0.338 e. The number of anilines is 1. The Bertz CT molecular complexity index is 1430. The number of hydrogen-bond acceptors (Lipinski definition) is 7. The fourth-order valence-electron chi connectivity index (χ4n) is 3.99. The van der Waals surface area contributed by atoms with Crippen molar-refractivity contribution in [1.29, 1.82) is 0 Å². The van der Waals surface area contributed by atoms with Gasteiger partial charge >= 0.3 is 5.97 Å². The van der Waals surface area contributed by atoms with Crippen molar-refractivity contribution in [3.05, 3.63) is 90.6 Å². The van der Waals surface area contributed by atoms with Crippen LogP contribution in [-0.4, -0.2) is 38.3 Å². The van der Waals surface area contributed by atoms with Crippen molar-refractivity contribution in [1.82, 2.24) is 4.57 Å². The molecule has 2 aromatic carbocycles. The Kier molecular flexibility index (Phi) is 6.70. The molecule has 0 N–H and O–H groups in total. The van der Waals surface area contributed by atoms with Crippen LogP contribution in [0.15, 0.2) is 69.6 Å². The molecule has 8 heteroatoms. The third-order valence-electron chi connectivity index (χ3n) is 5.67. The first kappa shape index (κ1) is 23.5. The molecule has 2 heterocycles. The fraction of sp³-hybridized carbons (Fsp3) is 0.269. The molecule has 0 saturated heterocycles. The third-order valence-corrected chi connectivity index (χ3v) is 6.65. The number of ether oxygens (including phenoxy) is 2. The fourth-order valence-corrected chi connectivity index (χ4v) is 5.03. The van der Waals surface area contributed by atoms with Gasteiger partial charge in [-0.25, -0.2) is 9.79 Å². The van der Waals surface area contributed by atoms with Gasteiger partial charge < -0.3 is 14.4 Å². The first-order valence-electron chi connectivity index (χ1n) is 11.0. The number of hydrogen-bond donors (Lipinski definition) is 0. The highest BCUT2D eigenvalue weighted by Crippen LogP contribution is 2.31. The molecule has 0 fully saturated rings. The van der Waals surface area contributed by atoms with Crippen LogP contribution in [0.5, 0.6) is 5.75 Å². The van der Waals surface area contributed by atoms with E-state index in [1.807, 2.05) is 67.5 Å². The molecule has 7 nitrogen and oxygen atoms in total. The van der Waals surface area contributed by atoms with Crippen LogP contribution in [-0.2, 0) is 9.53 Å². The molecule has 1 atom stereocenters. The van der Waals surface area contributed by atoms with Crippen LogP contribution in [0.4, 0.5) is 5.69 Å².